The van der Waals surface area contributed by atoms with Crippen LogP contribution in [0.15, 0.2) is 0 Å². The van der Waals surface area contributed by atoms with Gasteiger partial charge in [0.25, 0.3) is 0 Å². The zero-order chi connectivity index (χ0) is 11.5. The highest BCUT2D eigenvalue weighted by Crippen LogP contribution is 2.28. The van der Waals surface area contributed by atoms with Crippen molar-refractivity contribution in [2.24, 2.45) is 11.8 Å². The van der Waals surface area contributed by atoms with Crippen molar-refractivity contribution in [1.82, 2.24) is 10.6 Å². The van der Waals surface area contributed by atoms with Gasteiger partial charge < -0.3 is 10.6 Å². The van der Waals surface area contributed by atoms with Gasteiger partial charge >= 0.3 is 0 Å². The molecule has 2 saturated carbocycles. The van der Waals surface area contributed by atoms with Gasteiger partial charge in [0, 0.05) is 12.1 Å². The topological polar surface area (TPSA) is 41.1 Å². The lowest BCUT2D eigenvalue weighted by Crippen LogP contribution is -2.44. The van der Waals surface area contributed by atoms with E-state index in [0.717, 1.165) is 5.92 Å². The van der Waals surface area contributed by atoms with Crippen molar-refractivity contribution >= 4 is 5.91 Å². The first-order valence-electron chi connectivity index (χ1n) is 6.68. The predicted octanol–water partition coefficient (Wildman–Crippen LogP) is 1.68. The minimum atomic E-state index is 0.174. The molecule has 0 aromatic heterocycles. The summed E-state index contributed by atoms with van der Waals surface area (Å²) in [4.78, 5) is 11.6. The molecule has 2 rings (SSSR count). The summed E-state index contributed by atoms with van der Waals surface area (Å²) in [5, 5.41) is 6.44. The van der Waals surface area contributed by atoms with Crippen molar-refractivity contribution in [2.45, 2.75) is 58.0 Å². The minimum absolute atomic E-state index is 0.174. The van der Waals surface area contributed by atoms with Gasteiger partial charge in [-0.2, -0.15) is 0 Å². The predicted molar refractivity (Wildman–Crippen MR) is 65.1 cm³/mol. The molecule has 2 aliphatic carbocycles. The van der Waals surface area contributed by atoms with E-state index < -0.39 is 0 Å². The van der Waals surface area contributed by atoms with E-state index >= 15 is 0 Å². The van der Waals surface area contributed by atoms with Crippen LogP contribution in [0.5, 0.6) is 0 Å². The summed E-state index contributed by atoms with van der Waals surface area (Å²) < 4.78 is 0. The van der Waals surface area contributed by atoms with Crippen LogP contribution in [0.1, 0.15) is 46.0 Å². The third-order valence-corrected chi connectivity index (χ3v) is 3.93. The van der Waals surface area contributed by atoms with Crippen molar-refractivity contribution in [2.75, 3.05) is 6.54 Å². The summed E-state index contributed by atoms with van der Waals surface area (Å²) in [6, 6.07) is 1.02. The fourth-order valence-corrected chi connectivity index (χ4v) is 2.55. The van der Waals surface area contributed by atoms with Crippen molar-refractivity contribution < 1.29 is 4.79 Å². The molecule has 0 aromatic carbocycles. The smallest absolute Gasteiger partial charge is 0.234 e. The Kier molecular flexibility index (Phi) is 3.85. The van der Waals surface area contributed by atoms with Gasteiger partial charge in [0.1, 0.15) is 0 Å². The SMILES string of the molecule is CC1CCC(C)C(NCC(=O)NC2CC2)C1. The van der Waals surface area contributed by atoms with E-state index in [1.807, 2.05) is 0 Å². The Hall–Kier alpha value is -0.570. The molecule has 3 unspecified atom stereocenters. The summed E-state index contributed by atoms with van der Waals surface area (Å²) in [6.45, 7) is 5.10. The quantitative estimate of drug-likeness (QED) is 0.763. The lowest BCUT2D eigenvalue weighted by molar-refractivity contribution is -0.120. The average Bonchev–Trinajstić information content (AvgIpc) is 3.03. The van der Waals surface area contributed by atoms with Crippen LogP contribution < -0.4 is 10.6 Å². The molecule has 0 aromatic rings. The summed E-state index contributed by atoms with van der Waals surface area (Å²) in [5.41, 5.74) is 0. The molecule has 0 spiro atoms. The zero-order valence-corrected chi connectivity index (χ0v) is 10.5. The van der Waals surface area contributed by atoms with E-state index in [1.165, 1.54) is 32.1 Å². The van der Waals surface area contributed by atoms with Crippen molar-refractivity contribution in [1.29, 1.82) is 0 Å². The molecule has 3 nitrogen and oxygen atoms in total. The van der Waals surface area contributed by atoms with Crippen LogP contribution in [0.3, 0.4) is 0 Å². The summed E-state index contributed by atoms with van der Waals surface area (Å²) in [5.74, 6) is 1.69. The van der Waals surface area contributed by atoms with Gasteiger partial charge in [-0.3, -0.25) is 4.79 Å². The van der Waals surface area contributed by atoms with Gasteiger partial charge in [-0.05, 0) is 37.5 Å². The zero-order valence-electron chi connectivity index (χ0n) is 10.5. The first-order valence-corrected chi connectivity index (χ1v) is 6.68. The molecule has 2 aliphatic rings. The molecule has 0 saturated heterocycles. The molecular formula is C13H24N2O. The molecule has 2 fully saturated rings. The van der Waals surface area contributed by atoms with E-state index in [4.69, 9.17) is 0 Å². The maximum absolute atomic E-state index is 11.6. The van der Waals surface area contributed by atoms with Gasteiger partial charge in [0.05, 0.1) is 6.54 Å². The van der Waals surface area contributed by atoms with E-state index in [2.05, 4.69) is 24.5 Å². The molecule has 3 atom stereocenters. The molecule has 0 bridgehead atoms. The van der Waals surface area contributed by atoms with Crippen LogP contribution >= 0.6 is 0 Å². The van der Waals surface area contributed by atoms with Gasteiger partial charge in [0.15, 0.2) is 0 Å². The highest BCUT2D eigenvalue weighted by molar-refractivity contribution is 5.78. The number of hydrogen-bond donors (Lipinski definition) is 2. The van der Waals surface area contributed by atoms with Crippen molar-refractivity contribution in [3.63, 3.8) is 0 Å². The number of hydrogen-bond acceptors (Lipinski definition) is 2. The number of rotatable bonds is 4. The molecule has 2 N–H and O–H groups in total. The van der Waals surface area contributed by atoms with Crippen LogP contribution in [0.4, 0.5) is 0 Å². The van der Waals surface area contributed by atoms with E-state index in [1.54, 1.807) is 0 Å². The van der Waals surface area contributed by atoms with Crippen molar-refractivity contribution in [3.05, 3.63) is 0 Å². The first kappa shape index (κ1) is 11.9. The van der Waals surface area contributed by atoms with E-state index in [0.29, 0.717) is 24.5 Å². The lowest BCUT2D eigenvalue weighted by Gasteiger charge is -2.33. The third-order valence-electron chi connectivity index (χ3n) is 3.93. The molecule has 92 valence electrons. The van der Waals surface area contributed by atoms with E-state index in [-0.39, 0.29) is 5.91 Å². The third kappa shape index (κ3) is 3.48. The van der Waals surface area contributed by atoms with Crippen LogP contribution in [-0.4, -0.2) is 24.5 Å². The monoisotopic (exact) mass is 224 g/mol. The van der Waals surface area contributed by atoms with Gasteiger partial charge in [-0.25, -0.2) is 0 Å². The molecule has 16 heavy (non-hydrogen) atoms. The Balaban J connectivity index is 1.68. The maximum Gasteiger partial charge on any atom is 0.234 e. The van der Waals surface area contributed by atoms with Gasteiger partial charge in [-0.15, -0.1) is 0 Å². The van der Waals surface area contributed by atoms with Crippen molar-refractivity contribution in [3.8, 4) is 0 Å². The normalized spacial score (nSPS) is 34.8. The molecule has 0 heterocycles. The maximum atomic E-state index is 11.6. The molecular weight excluding hydrogens is 200 g/mol. The molecule has 0 aliphatic heterocycles. The Bertz CT molecular complexity index is 250. The highest BCUT2D eigenvalue weighted by Gasteiger charge is 2.27. The second-order valence-corrected chi connectivity index (χ2v) is 5.72. The van der Waals surface area contributed by atoms with Gasteiger partial charge in [0.2, 0.25) is 5.91 Å². The summed E-state index contributed by atoms with van der Waals surface area (Å²) in [6.07, 6.45) is 6.19. The second kappa shape index (κ2) is 5.17. The van der Waals surface area contributed by atoms with Crippen LogP contribution in [0.2, 0.25) is 0 Å². The molecule has 0 radical (unpaired) electrons. The number of carbonyl (C=O) groups excluding carboxylic acids is 1. The Morgan fingerprint density at radius 1 is 1.19 bits per heavy atom. The second-order valence-electron chi connectivity index (χ2n) is 5.72. The summed E-state index contributed by atoms with van der Waals surface area (Å²) >= 11 is 0. The molecule has 1 amide bonds. The Morgan fingerprint density at radius 2 is 1.94 bits per heavy atom. The van der Waals surface area contributed by atoms with E-state index in [9.17, 15) is 4.79 Å². The number of nitrogens with one attached hydrogen (secondary N) is 2. The van der Waals surface area contributed by atoms with Crippen LogP contribution in [0, 0.1) is 11.8 Å². The fourth-order valence-electron chi connectivity index (χ4n) is 2.55. The van der Waals surface area contributed by atoms with Crippen LogP contribution in [0.25, 0.3) is 0 Å². The lowest BCUT2D eigenvalue weighted by atomic mass is 9.80. The largest absolute Gasteiger partial charge is 0.352 e. The first-order chi connectivity index (χ1) is 7.65. The average molecular weight is 224 g/mol. The Labute approximate surface area is 98.4 Å². The fraction of sp³-hybridized carbons (Fsp3) is 0.923. The standard InChI is InChI=1S/C13H24N2O/c1-9-3-4-10(2)12(7-9)14-8-13(16)15-11-5-6-11/h9-12,14H,3-8H2,1-2H3,(H,15,16). The Morgan fingerprint density at radius 3 is 2.62 bits per heavy atom. The van der Waals surface area contributed by atoms with Gasteiger partial charge in [-0.1, -0.05) is 20.3 Å². The minimum Gasteiger partial charge on any atom is -0.352 e. The highest BCUT2D eigenvalue weighted by atomic mass is 16.2. The number of amides is 1. The number of carbonyl (C=O) groups is 1. The molecule has 3 heteroatoms. The summed E-state index contributed by atoms with van der Waals surface area (Å²) in [7, 11) is 0. The van der Waals surface area contributed by atoms with Crippen LogP contribution in [-0.2, 0) is 4.79 Å².